The summed E-state index contributed by atoms with van der Waals surface area (Å²) in [4.78, 5) is 37.6. The smallest absolute Gasteiger partial charge is 0.325 e. The Labute approximate surface area is 147 Å². The van der Waals surface area contributed by atoms with Crippen LogP contribution in [0.1, 0.15) is 32.8 Å². The minimum Gasteiger partial charge on any atom is -0.497 e. The first-order valence-corrected chi connectivity index (χ1v) is 8.31. The van der Waals surface area contributed by atoms with Crippen LogP contribution >= 0.6 is 0 Å². The SMILES string of the molecule is COc1ccc(CC[C@@]2(C)NC(=O)N(CC(=O)NC(C)C)C2=O)cc1. The fourth-order valence-corrected chi connectivity index (χ4v) is 2.76. The second-order valence-electron chi connectivity index (χ2n) is 6.72. The molecule has 1 aliphatic heterocycles. The summed E-state index contributed by atoms with van der Waals surface area (Å²) < 4.78 is 5.12. The van der Waals surface area contributed by atoms with Crippen molar-refractivity contribution in [1.82, 2.24) is 15.5 Å². The van der Waals surface area contributed by atoms with Crippen LogP contribution in [0.5, 0.6) is 5.75 Å². The lowest BCUT2D eigenvalue weighted by atomic mass is 9.93. The van der Waals surface area contributed by atoms with Gasteiger partial charge in [0, 0.05) is 6.04 Å². The molecule has 0 radical (unpaired) electrons. The van der Waals surface area contributed by atoms with E-state index in [0.717, 1.165) is 16.2 Å². The zero-order chi connectivity index (χ0) is 18.6. The Morgan fingerprint density at radius 3 is 2.48 bits per heavy atom. The van der Waals surface area contributed by atoms with Gasteiger partial charge in [0.2, 0.25) is 5.91 Å². The number of nitrogens with one attached hydrogen (secondary N) is 2. The average molecular weight is 347 g/mol. The molecule has 0 bridgehead atoms. The Morgan fingerprint density at radius 1 is 1.28 bits per heavy atom. The van der Waals surface area contributed by atoms with Gasteiger partial charge >= 0.3 is 6.03 Å². The van der Waals surface area contributed by atoms with Crippen LogP contribution in [0.4, 0.5) is 4.79 Å². The summed E-state index contributed by atoms with van der Waals surface area (Å²) in [5, 5.41) is 5.40. The molecule has 0 spiro atoms. The number of carbonyl (C=O) groups excluding carboxylic acids is 3. The zero-order valence-electron chi connectivity index (χ0n) is 15.1. The van der Waals surface area contributed by atoms with E-state index in [1.807, 2.05) is 38.1 Å². The normalized spacial score (nSPS) is 20.0. The van der Waals surface area contributed by atoms with E-state index in [1.165, 1.54) is 0 Å². The maximum absolute atomic E-state index is 12.6. The van der Waals surface area contributed by atoms with Crippen LogP contribution < -0.4 is 15.4 Å². The third-order valence-electron chi connectivity index (χ3n) is 4.17. The van der Waals surface area contributed by atoms with E-state index < -0.39 is 11.6 Å². The monoisotopic (exact) mass is 347 g/mol. The Kier molecular flexibility index (Phi) is 5.66. The molecule has 1 saturated heterocycles. The number of methoxy groups -OCH3 is 1. The van der Waals surface area contributed by atoms with Gasteiger partial charge in [-0.05, 0) is 51.3 Å². The summed E-state index contributed by atoms with van der Waals surface area (Å²) in [6, 6.07) is 7.00. The molecule has 7 nitrogen and oxygen atoms in total. The van der Waals surface area contributed by atoms with E-state index in [9.17, 15) is 14.4 Å². The van der Waals surface area contributed by atoms with Crippen LogP contribution in [-0.2, 0) is 16.0 Å². The summed E-state index contributed by atoms with van der Waals surface area (Å²) in [6.07, 6.45) is 1.07. The number of ether oxygens (including phenoxy) is 1. The van der Waals surface area contributed by atoms with Crippen molar-refractivity contribution in [3.05, 3.63) is 29.8 Å². The summed E-state index contributed by atoms with van der Waals surface area (Å²) in [5.74, 6) is 0.0466. The number of aryl methyl sites for hydroxylation is 1. The quantitative estimate of drug-likeness (QED) is 0.731. The summed E-state index contributed by atoms with van der Waals surface area (Å²) in [6.45, 7) is 5.07. The number of urea groups is 1. The standard InChI is InChI=1S/C18H25N3O4/c1-12(2)19-15(22)11-21-16(23)18(3,20-17(21)24)10-9-13-5-7-14(25-4)8-6-13/h5-8,12H,9-11H2,1-4H3,(H,19,22)(H,20,24)/t18-/m1/s1. The maximum Gasteiger partial charge on any atom is 0.325 e. The second-order valence-corrected chi connectivity index (χ2v) is 6.72. The lowest BCUT2D eigenvalue weighted by Gasteiger charge is -2.21. The molecular formula is C18H25N3O4. The molecule has 7 heteroatoms. The first-order chi connectivity index (χ1) is 11.7. The predicted octanol–water partition coefficient (Wildman–Crippen LogP) is 1.46. The number of hydrogen-bond acceptors (Lipinski definition) is 4. The van der Waals surface area contributed by atoms with E-state index in [2.05, 4.69) is 10.6 Å². The van der Waals surface area contributed by atoms with Gasteiger partial charge in [-0.3, -0.25) is 14.5 Å². The number of imide groups is 1. The van der Waals surface area contributed by atoms with Crippen LogP contribution in [0.25, 0.3) is 0 Å². The summed E-state index contributed by atoms with van der Waals surface area (Å²) in [7, 11) is 1.60. The fraction of sp³-hybridized carbons (Fsp3) is 0.500. The first kappa shape index (κ1) is 18.8. The van der Waals surface area contributed by atoms with Crippen molar-refractivity contribution in [2.75, 3.05) is 13.7 Å². The van der Waals surface area contributed by atoms with E-state index in [-0.39, 0.29) is 24.4 Å². The summed E-state index contributed by atoms with van der Waals surface area (Å²) >= 11 is 0. The highest BCUT2D eigenvalue weighted by atomic mass is 16.5. The molecule has 1 aromatic carbocycles. The molecule has 0 unspecified atom stereocenters. The molecule has 2 N–H and O–H groups in total. The molecule has 25 heavy (non-hydrogen) atoms. The van der Waals surface area contributed by atoms with E-state index in [1.54, 1.807) is 14.0 Å². The van der Waals surface area contributed by atoms with Crippen molar-refractivity contribution in [2.45, 2.75) is 45.2 Å². The molecular weight excluding hydrogens is 322 g/mol. The van der Waals surface area contributed by atoms with Gasteiger partial charge < -0.3 is 15.4 Å². The van der Waals surface area contributed by atoms with Crippen molar-refractivity contribution in [3.8, 4) is 5.75 Å². The number of rotatable bonds is 7. The largest absolute Gasteiger partial charge is 0.497 e. The molecule has 1 aromatic rings. The first-order valence-electron chi connectivity index (χ1n) is 8.31. The van der Waals surface area contributed by atoms with Gasteiger partial charge in [-0.2, -0.15) is 0 Å². The van der Waals surface area contributed by atoms with Gasteiger partial charge in [-0.1, -0.05) is 12.1 Å². The van der Waals surface area contributed by atoms with Crippen molar-refractivity contribution < 1.29 is 19.1 Å². The number of carbonyl (C=O) groups is 3. The van der Waals surface area contributed by atoms with Gasteiger partial charge in [0.15, 0.2) is 0 Å². The molecule has 1 heterocycles. The zero-order valence-corrected chi connectivity index (χ0v) is 15.1. The topological polar surface area (TPSA) is 87.7 Å². The lowest BCUT2D eigenvalue weighted by molar-refractivity contribution is -0.134. The molecule has 136 valence electrons. The molecule has 1 atom stereocenters. The maximum atomic E-state index is 12.6. The van der Waals surface area contributed by atoms with Crippen LogP contribution in [0, 0.1) is 0 Å². The Morgan fingerprint density at radius 2 is 1.92 bits per heavy atom. The van der Waals surface area contributed by atoms with Gasteiger partial charge in [-0.15, -0.1) is 0 Å². The predicted molar refractivity (Wildman–Crippen MR) is 93.2 cm³/mol. The Balaban J connectivity index is 1.99. The van der Waals surface area contributed by atoms with Crippen molar-refractivity contribution in [2.24, 2.45) is 0 Å². The Bertz CT molecular complexity index is 657. The highest BCUT2D eigenvalue weighted by Gasteiger charge is 2.47. The average Bonchev–Trinajstić information content (AvgIpc) is 2.76. The molecule has 0 aliphatic carbocycles. The van der Waals surface area contributed by atoms with Crippen LogP contribution in [0.15, 0.2) is 24.3 Å². The van der Waals surface area contributed by atoms with Crippen LogP contribution in [-0.4, -0.2) is 48.0 Å². The number of amides is 4. The minimum atomic E-state index is -1.00. The highest BCUT2D eigenvalue weighted by molar-refractivity contribution is 6.08. The minimum absolute atomic E-state index is 0.0466. The van der Waals surface area contributed by atoms with Gasteiger partial charge in [0.25, 0.3) is 5.91 Å². The molecule has 2 rings (SSSR count). The highest BCUT2D eigenvalue weighted by Crippen LogP contribution is 2.23. The molecule has 1 aliphatic rings. The van der Waals surface area contributed by atoms with Crippen LogP contribution in [0.2, 0.25) is 0 Å². The molecule has 0 aromatic heterocycles. The third kappa shape index (κ3) is 4.49. The van der Waals surface area contributed by atoms with E-state index >= 15 is 0 Å². The van der Waals surface area contributed by atoms with E-state index in [0.29, 0.717) is 12.8 Å². The number of nitrogens with zero attached hydrogens (tertiary/aromatic N) is 1. The molecule has 1 fully saturated rings. The van der Waals surface area contributed by atoms with Gasteiger partial charge in [-0.25, -0.2) is 4.79 Å². The fourth-order valence-electron chi connectivity index (χ4n) is 2.76. The Hall–Kier alpha value is -2.57. The van der Waals surface area contributed by atoms with E-state index in [4.69, 9.17) is 4.74 Å². The van der Waals surface area contributed by atoms with Crippen LogP contribution in [0.3, 0.4) is 0 Å². The number of benzene rings is 1. The molecule has 4 amide bonds. The third-order valence-corrected chi connectivity index (χ3v) is 4.17. The number of hydrogen-bond donors (Lipinski definition) is 2. The lowest BCUT2D eigenvalue weighted by Crippen LogP contribution is -2.46. The van der Waals surface area contributed by atoms with Gasteiger partial charge in [0.1, 0.15) is 17.8 Å². The van der Waals surface area contributed by atoms with Crippen molar-refractivity contribution in [3.63, 3.8) is 0 Å². The summed E-state index contributed by atoms with van der Waals surface area (Å²) in [5.41, 5.74) is 0.0369. The van der Waals surface area contributed by atoms with Crippen molar-refractivity contribution >= 4 is 17.8 Å². The second kappa shape index (κ2) is 7.55. The molecule has 0 saturated carbocycles. The van der Waals surface area contributed by atoms with Gasteiger partial charge in [0.05, 0.1) is 7.11 Å². The van der Waals surface area contributed by atoms with Crippen molar-refractivity contribution in [1.29, 1.82) is 0 Å².